The third-order valence-electron chi connectivity index (χ3n) is 5.80. The van der Waals surface area contributed by atoms with Gasteiger partial charge in [-0.25, -0.2) is 9.38 Å². The summed E-state index contributed by atoms with van der Waals surface area (Å²) in [7, 11) is 3.92. The molecule has 0 amide bonds. The number of amidine groups is 1. The van der Waals surface area contributed by atoms with Gasteiger partial charge in [0.05, 0.1) is 18.5 Å². The maximum absolute atomic E-state index is 16.4. The molecular formula is C22H38FN5O. The highest BCUT2D eigenvalue weighted by atomic mass is 19.1. The summed E-state index contributed by atoms with van der Waals surface area (Å²) in [5, 5.41) is 3.18. The molecule has 1 aliphatic carbocycles. The van der Waals surface area contributed by atoms with Crippen molar-refractivity contribution in [1.82, 2.24) is 15.1 Å². The minimum atomic E-state index is -1.56. The molecule has 3 N–H and O–H groups in total. The number of nitrogens with one attached hydrogen (secondary N) is 1. The van der Waals surface area contributed by atoms with Crippen LogP contribution in [0, 0.1) is 5.92 Å². The summed E-state index contributed by atoms with van der Waals surface area (Å²) in [5.74, 6) is -0.328. The Hall–Kier alpha value is -2.02. The Kier molecular flexibility index (Phi) is 8.14. The number of halogens is 1. The van der Waals surface area contributed by atoms with Gasteiger partial charge in [-0.05, 0) is 40.5 Å². The molecule has 29 heavy (non-hydrogen) atoms. The van der Waals surface area contributed by atoms with Gasteiger partial charge in [-0.1, -0.05) is 17.7 Å². The van der Waals surface area contributed by atoms with E-state index in [2.05, 4.69) is 15.2 Å². The third-order valence-corrected chi connectivity index (χ3v) is 5.80. The Labute approximate surface area is 175 Å². The second-order valence-corrected chi connectivity index (χ2v) is 8.17. The minimum Gasteiger partial charge on any atom is -0.465 e. The van der Waals surface area contributed by atoms with Gasteiger partial charge in [-0.3, -0.25) is 0 Å². The molecule has 2 rings (SSSR count). The van der Waals surface area contributed by atoms with Crippen LogP contribution in [0.5, 0.6) is 0 Å². The van der Waals surface area contributed by atoms with Gasteiger partial charge in [-0.15, -0.1) is 0 Å². The molecule has 0 spiro atoms. The van der Waals surface area contributed by atoms with Gasteiger partial charge in [0.2, 0.25) is 0 Å². The zero-order valence-corrected chi connectivity index (χ0v) is 18.8. The van der Waals surface area contributed by atoms with E-state index >= 15 is 4.39 Å². The third kappa shape index (κ3) is 5.75. The van der Waals surface area contributed by atoms with E-state index in [4.69, 9.17) is 10.5 Å². The summed E-state index contributed by atoms with van der Waals surface area (Å²) in [6, 6.07) is 0.570. The molecule has 0 bridgehead atoms. The van der Waals surface area contributed by atoms with Crippen LogP contribution in [0.2, 0.25) is 0 Å². The summed E-state index contributed by atoms with van der Waals surface area (Å²) >= 11 is 0. The molecule has 0 aromatic rings. The number of aliphatic imine (C=N–C) groups is 1. The standard InChI is InChI=1S/C22H38FN5O/c1-7-25-21(27(5)8-2)29-15-17-13-16(3)9-10-18(22(17,4)23)19-14-26-20(24)11-12-28(19)6/h9-10,14,17,20,26H,7-8,11-13,15,24H2,1-6H3/t17-,20?,22?/m0/s1. The monoisotopic (exact) mass is 407 g/mol. The normalized spacial score (nSPS) is 28.5. The molecule has 164 valence electrons. The van der Waals surface area contributed by atoms with Crippen LogP contribution >= 0.6 is 0 Å². The van der Waals surface area contributed by atoms with Crippen LogP contribution in [0.4, 0.5) is 4.39 Å². The lowest BCUT2D eigenvalue weighted by molar-refractivity contribution is 0.0828. The molecule has 0 saturated carbocycles. The molecule has 1 aliphatic heterocycles. The van der Waals surface area contributed by atoms with Crippen molar-refractivity contribution in [1.29, 1.82) is 0 Å². The molecule has 3 atom stereocenters. The average Bonchev–Trinajstić information content (AvgIpc) is 2.90. The van der Waals surface area contributed by atoms with Crippen LogP contribution < -0.4 is 11.1 Å². The van der Waals surface area contributed by atoms with E-state index in [-0.39, 0.29) is 18.7 Å². The Morgan fingerprint density at radius 1 is 1.45 bits per heavy atom. The summed E-state index contributed by atoms with van der Waals surface area (Å²) in [6.07, 6.45) is 7.09. The van der Waals surface area contributed by atoms with Crippen LogP contribution in [0.25, 0.3) is 0 Å². The molecule has 0 fully saturated rings. The lowest BCUT2D eigenvalue weighted by atomic mass is 9.81. The first-order chi connectivity index (χ1) is 13.7. The first kappa shape index (κ1) is 23.3. The number of rotatable bonds is 5. The van der Waals surface area contributed by atoms with Crippen LogP contribution in [0.15, 0.2) is 40.2 Å². The maximum atomic E-state index is 16.4. The van der Waals surface area contributed by atoms with E-state index in [0.717, 1.165) is 30.8 Å². The van der Waals surface area contributed by atoms with Gasteiger partial charge in [0, 0.05) is 51.4 Å². The van der Waals surface area contributed by atoms with E-state index in [1.165, 1.54) is 0 Å². The van der Waals surface area contributed by atoms with Gasteiger partial charge in [0.1, 0.15) is 5.67 Å². The minimum absolute atomic E-state index is 0.124. The fourth-order valence-electron chi connectivity index (χ4n) is 3.65. The summed E-state index contributed by atoms with van der Waals surface area (Å²) in [4.78, 5) is 8.46. The predicted molar refractivity (Wildman–Crippen MR) is 118 cm³/mol. The molecular weight excluding hydrogens is 369 g/mol. The van der Waals surface area contributed by atoms with E-state index < -0.39 is 5.67 Å². The quantitative estimate of drug-likeness (QED) is 0.542. The molecule has 7 heteroatoms. The maximum Gasteiger partial charge on any atom is 0.287 e. The van der Waals surface area contributed by atoms with Crippen LogP contribution in [-0.2, 0) is 4.74 Å². The zero-order valence-electron chi connectivity index (χ0n) is 18.8. The van der Waals surface area contributed by atoms with E-state index in [1.54, 1.807) is 6.92 Å². The van der Waals surface area contributed by atoms with E-state index in [9.17, 15) is 0 Å². The number of ether oxygens (including phenoxy) is 1. The predicted octanol–water partition coefficient (Wildman–Crippen LogP) is 3.00. The van der Waals surface area contributed by atoms with Gasteiger partial charge < -0.3 is 25.6 Å². The second kappa shape index (κ2) is 10.1. The highest BCUT2D eigenvalue weighted by molar-refractivity contribution is 5.73. The molecule has 0 aromatic carbocycles. The smallest absolute Gasteiger partial charge is 0.287 e. The molecule has 2 unspecified atom stereocenters. The first-order valence-corrected chi connectivity index (χ1v) is 10.6. The topological polar surface area (TPSA) is 66.1 Å². The molecule has 6 nitrogen and oxygen atoms in total. The summed E-state index contributed by atoms with van der Waals surface area (Å²) in [5.41, 5.74) is 7.11. The summed E-state index contributed by atoms with van der Waals surface area (Å²) < 4.78 is 22.4. The number of likely N-dealkylation sites (N-methyl/N-ethyl adjacent to an activating group) is 1. The first-order valence-electron chi connectivity index (χ1n) is 10.6. The van der Waals surface area contributed by atoms with E-state index in [0.29, 0.717) is 24.6 Å². The van der Waals surface area contributed by atoms with Crippen molar-refractivity contribution in [2.45, 2.75) is 52.4 Å². The molecule has 0 radical (unpaired) electrons. The van der Waals surface area contributed by atoms with Gasteiger partial charge >= 0.3 is 0 Å². The van der Waals surface area contributed by atoms with Crippen LogP contribution in [-0.4, -0.2) is 68.0 Å². The van der Waals surface area contributed by atoms with Gasteiger partial charge in [0.25, 0.3) is 6.02 Å². The number of hydrogen-bond donors (Lipinski definition) is 2. The number of allylic oxidation sites excluding steroid dienone is 4. The lowest BCUT2D eigenvalue weighted by Gasteiger charge is -2.35. The molecule has 0 saturated heterocycles. The van der Waals surface area contributed by atoms with Crippen molar-refractivity contribution in [3.8, 4) is 0 Å². The van der Waals surface area contributed by atoms with Crippen molar-refractivity contribution in [3.05, 3.63) is 35.2 Å². The fraction of sp³-hybridized carbons (Fsp3) is 0.682. The SMILES string of the molecule is CCN=C(OC[C@@H]1CC(C)=CC=C(C2=CNC(N)CCN2C)C1(C)F)N(C)CC. The highest BCUT2D eigenvalue weighted by Crippen LogP contribution is 2.41. The van der Waals surface area contributed by atoms with Crippen LogP contribution in [0.3, 0.4) is 0 Å². The number of nitrogens with two attached hydrogens (primary N) is 1. The number of hydrogen-bond acceptors (Lipinski definition) is 5. The second-order valence-electron chi connectivity index (χ2n) is 8.17. The average molecular weight is 408 g/mol. The Bertz CT molecular complexity index is 683. The Morgan fingerprint density at radius 3 is 2.83 bits per heavy atom. The summed E-state index contributed by atoms with van der Waals surface area (Å²) in [6.45, 7) is 10.2. The highest BCUT2D eigenvalue weighted by Gasteiger charge is 2.42. The van der Waals surface area contributed by atoms with Gasteiger partial charge in [0.15, 0.2) is 0 Å². The van der Waals surface area contributed by atoms with Crippen molar-refractivity contribution >= 4 is 6.02 Å². The van der Waals surface area contributed by atoms with Crippen molar-refractivity contribution in [3.63, 3.8) is 0 Å². The van der Waals surface area contributed by atoms with Gasteiger partial charge in [-0.2, -0.15) is 0 Å². The molecule has 2 aliphatic rings. The van der Waals surface area contributed by atoms with Crippen LogP contribution in [0.1, 0.15) is 40.5 Å². The molecule has 0 aromatic heterocycles. The largest absolute Gasteiger partial charge is 0.465 e. The van der Waals surface area contributed by atoms with Crippen molar-refractivity contribution in [2.24, 2.45) is 16.6 Å². The van der Waals surface area contributed by atoms with Crippen molar-refractivity contribution in [2.75, 3.05) is 40.3 Å². The fourth-order valence-corrected chi connectivity index (χ4v) is 3.65. The molecule has 1 heterocycles. The Morgan fingerprint density at radius 2 is 2.17 bits per heavy atom. The van der Waals surface area contributed by atoms with E-state index in [1.807, 2.05) is 58.1 Å². The Balaban J connectivity index is 2.30. The number of alkyl halides is 1. The zero-order chi connectivity index (χ0) is 21.6. The number of nitrogens with zero attached hydrogens (tertiary/aromatic N) is 3. The lowest BCUT2D eigenvalue weighted by Crippen LogP contribution is -2.40. The van der Waals surface area contributed by atoms with Crippen molar-refractivity contribution < 1.29 is 9.13 Å².